The van der Waals surface area contributed by atoms with Crippen LogP contribution in [0.4, 0.5) is 5.13 Å². The van der Waals surface area contributed by atoms with Gasteiger partial charge in [-0.05, 0) is 0 Å². The minimum Gasteiger partial charge on any atom is -0.375 e. The number of aromatic nitrogens is 2. The fraction of sp³-hybridized carbons (Fsp3) is 0.400. The summed E-state index contributed by atoms with van der Waals surface area (Å²) < 4.78 is 9.33. The highest BCUT2D eigenvalue weighted by Crippen LogP contribution is 2.24. The van der Waals surface area contributed by atoms with E-state index in [-0.39, 0.29) is 12.5 Å². The molecule has 7 heteroatoms. The first-order valence-corrected chi connectivity index (χ1v) is 7.96. The highest BCUT2D eigenvalue weighted by Gasteiger charge is 2.23. The van der Waals surface area contributed by atoms with Crippen molar-refractivity contribution in [2.75, 3.05) is 44.8 Å². The maximum absolute atomic E-state index is 11.8. The van der Waals surface area contributed by atoms with Crippen LogP contribution in [0.5, 0.6) is 0 Å². The number of carbonyl (C=O) groups excluding carboxylic acids is 1. The average molecular weight is 318 g/mol. The number of ether oxygens (including phenoxy) is 1. The molecule has 0 spiro atoms. The summed E-state index contributed by atoms with van der Waals surface area (Å²) in [6.45, 7) is 3.10. The van der Waals surface area contributed by atoms with Gasteiger partial charge in [-0.25, -0.2) is 0 Å². The molecule has 1 aliphatic rings. The van der Waals surface area contributed by atoms with Gasteiger partial charge in [0.25, 0.3) is 0 Å². The summed E-state index contributed by atoms with van der Waals surface area (Å²) in [6, 6.07) is 9.96. The van der Waals surface area contributed by atoms with E-state index >= 15 is 0 Å². The topological polar surface area (TPSA) is 58.6 Å². The molecule has 0 saturated carbocycles. The van der Waals surface area contributed by atoms with Crippen molar-refractivity contribution in [3.8, 4) is 11.4 Å². The molecule has 22 heavy (non-hydrogen) atoms. The number of amides is 1. The van der Waals surface area contributed by atoms with E-state index in [4.69, 9.17) is 4.74 Å². The maximum Gasteiger partial charge on any atom is 0.248 e. The third-order valence-corrected chi connectivity index (χ3v) is 4.40. The van der Waals surface area contributed by atoms with E-state index in [1.165, 1.54) is 11.5 Å². The van der Waals surface area contributed by atoms with Crippen molar-refractivity contribution in [2.45, 2.75) is 0 Å². The number of hydrogen-bond donors (Lipinski definition) is 0. The van der Waals surface area contributed by atoms with Gasteiger partial charge in [0.2, 0.25) is 11.0 Å². The number of hydrogen-bond acceptors (Lipinski definition) is 6. The van der Waals surface area contributed by atoms with Crippen LogP contribution in [0.15, 0.2) is 30.3 Å². The van der Waals surface area contributed by atoms with Crippen molar-refractivity contribution < 1.29 is 9.53 Å². The molecule has 3 rings (SSSR count). The molecule has 1 amide bonds. The number of rotatable bonds is 4. The molecular formula is C15H18N4O2S. The lowest BCUT2D eigenvalue weighted by Crippen LogP contribution is -2.49. The molecule has 1 aromatic heterocycles. The first kappa shape index (κ1) is 14.9. The Balaban J connectivity index is 1.63. The lowest BCUT2D eigenvalue weighted by atomic mass is 10.2. The van der Waals surface area contributed by atoms with E-state index in [1.807, 2.05) is 35.2 Å². The SMILES string of the molecule is COCC(=O)N1CCN(c2nc(-c3ccccc3)ns2)CC1. The van der Waals surface area contributed by atoms with Crippen LogP contribution in [-0.2, 0) is 9.53 Å². The third kappa shape index (κ3) is 3.26. The molecule has 116 valence electrons. The van der Waals surface area contributed by atoms with Gasteiger partial charge in [0.05, 0.1) is 0 Å². The molecule has 1 fully saturated rings. The number of nitrogens with zero attached hydrogens (tertiary/aromatic N) is 4. The van der Waals surface area contributed by atoms with Gasteiger partial charge in [0.1, 0.15) is 6.61 Å². The molecule has 1 aliphatic heterocycles. The van der Waals surface area contributed by atoms with Crippen molar-refractivity contribution >= 4 is 22.6 Å². The summed E-state index contributed by atoms with van der Waals surface area (Å²) in [5, 5.41) is 0.915. The molecule has 0 atom stereocenters. The van der Waals surface area contributed by atoms with Gasteiger partial charge >= 0.3 is 0 Å². The molecule has 0 N–H and O–H groups in total. The summed E-state index contributed by atoms with van der Waals surface area (Å²) in [7, 11) is 1.54. The number of carbonyl (C=O) groups is 1. The Hall–Kier alpha value is -1.99. The van der Waals surface area contributed by atoms with Gasteiger partial charge in [-0.2, -0.15) is 9.36 Å². The average Bonchev–Trinajstić information content (AvgIpc) is 3.06. The molecule has 6 nitrogen and oxygen atoms in total. The Kier molecular flexibility index (Phi) is 4.65. The van der Waals surface area contributed by atoms with Crippen LogP contribution < -0.4 is 4.90 Å². The summed E-state index contributed by atoms with van der Waals surface area (Å²) >= 11 is 1.41. The van der Waals surface area contributed by atoms with Crippen molar-refractivity contribution in [1.82, 2.24) is 14.3 Å². The Labute approximate surface area is 133 Å². The second kappa shape index (κ2) is 6.85. The predicted molar refractivity (Wildman–Crippen MR) is 86.0 cm³/mol. The fourth-order valence-corrected chi connectivity index (χ4v) is 3.15. The van der Waals surface area contributed by atoms with Crippen LogP contribution in [-0.4, -0.2) is 60.1 Å². The third-order valence-electron chi connectivity index (χ3n) is 3.62. The fourth-order valence-electron chi connectivity index (χ4n) is 2.41. The summed E-state index contributed by atoms with van der Waals surface area (Å²) in [6.07, 6.45) is 0. The molecule has 0 radical (unpaired) electrons. The van der Waals surface area contributed by atoms with Gasteiger partial charge in [0, 0.05) is 50.4 Å². The van der Waals surface area contributed by atoms with Crippen molar-refractivity contribution in [3.63, 3.8) is 0 Å². The molecule has 1 aromatic carbocycles. The molecule has 2 heterocycles. The van der Waals surface area contributed by atoms with Gasteiger partial charge in [-0.15, -0.1) is 0 Å². The minimum absolute atomic E-state index is 0.0457. The summed E-state index contributed by atoms with van der Waals surface area (Å²) in [5.41, 5.74) is 1.03. The molecule has 0 aliphatic carbocycles. The van der Waals surface area contributed by atoms with E-state index in [1.54, 1.807) is 7.11 Å². The smallest absolute Gasteiger partial charge is 0.248 e. The first-order chi connectivity index (χ1) is 10.8. The van der Waals surface area contributed by atoms with E-state index < -0.39 is 0 Å². The van der Waals surface area contributed by atoms with Crippen LogP contribution in [0.25, 0.3) is 11.4 Å². The highest BCUT2D eigenvalue weighted by atomic mass is 32.1. The van der Waals surface area contributed by atoms with Crippen LogP contribution >= 0.6 is 11.5 Å². The van der Waals surface area contributed by atoms with Gasteiger partial charge < -0.3 is 14.5 Å². The van der Waals surface area contributed by atoms with Gasteiger partial charge in [0.15, 0.2) is 5.82 Å². The monoisotopic (exact) mass is 318 g/mol. The zero-order valence-electron chi connectivity index (χ0n) is 12.4. The van der Waals surface area contributed by atoms with Crippen LogP contribution in [0.2, 0.25) is 0 Å². The van der Waals surface area contributed by atoms with E-state index in [0.29, 0.717) is 13.1 Å². The second-order valence-corrected chi connectivity index (χ2v) is 5.80. The van der Waals surface area contributed by atoms with E-state index in [9.17, 15) is 4.79 Å². The predicted octanol–water partition coefficient (Wildman–Crippen LogP) is 1.50. The lowest BCUT2D eigenvalue weighted by Gasteiger charge is -2.34. The van der Waals surface area contributed by atoms with Crippen molar-refractivity contribution in [3.05, 3.63) is 30.3 Å². The quantitative estimate of drug-likeness (QED) is 0.855. The van der Waals surface area contributed by atoms with E-state index in [2.05, 4.69) is 14.3 Å². The van der Waals surface area contributed by atoms with Gasteiger partial charge in [-0.3, -0.25) is 4.79 Å². The number of anilines is 1. The summed E-state index contributed by atoms with van der Waals surface area (Å²) in [4.78, 5) is 20.4. The zero-order chi connectivity index (χ0) is 15.4. The molecular weight excluding hydrogens is 300 g/mol. The molecule has 2 aromatic rings. The Bertz CT molecular complexity index is 623. The van der Waals surface area contributed by atoms with Crippen LogP contribution in [0.3, 0.4) is 0 Å². The Morgan fingerprint density at radius 2 is 1.95 bits per heavy atom. The standard InChI is InChI=1S/C15H18N4O2S/c1-21-11-13(20)18-7-9-19(10-8-18)15-16-14(17-22-15)12-5-3-2-4-6-12/h2-6H,7-11H2,1H3. The minimum atomic E-state index is 0.0457. The Morgan fingerprint density at radius 1 is 1.23 bits per heavy atom. The molecule has 0 unspecified atom stereocenters. The Morgan fingerprint density at radius 3 is 2.64 bits per heavy atom. The molecule has 1 saturated heterocycles. The number of piperazine rings is 1. The lowest BCUT2D eigenvalue weighted by molar-refractivity contribution is -0.135. The largest absolute Gasteiger partial charge is 0.375 e. The molecule has 0 bridgehead atoms. The first-order valence-electron chi connectivity index (χ1n) is 7.18. The van der Waals surface area contributed by atoms with E-state index in [0.717, 1.165) is 29.6 Å². The van der Waals surface area contributed by atoms with Crippen LogP contribution in [0, 0.1) is 0 Å². The second-order valence-electron chi connectivity index (χ2n) is 5.07. The number of benzene rings is 1. The maximum atomic E-state index is 11.8. The number of methoxy groups -OCH3 is 1. The summed E-state index contributed by atoms with van der Waals surface area (Å²) in [5.74, 6) is 0.808. The van der Waals surface area contributed by atoms with Crippen LogP contribution in [0.1, 0.15) is 0 Å². The highest BCUT2D eigenvalue weighted by molar-refractivity contribution is 7.09. The zero-order valence-corrected chi connectivity index (χ0v) is 13.3. The normalized spacial score (nSPS) is 15.1. The van der Waals surface area contributed by atoms with Crippen molar-refractivity contribution in [2.24, 2.45) is 0 Å². The van der Waals surface area contributed by atoms with Gasteiger partial charge in [-0.1, -0.05) is 30.3 Å². The van der Waals surface area contributed by atoms with Crippen molar-refractivity contribution in [1.29, 1.82) is 0 Å².